The number of aryl methyl sites for hydroxylation is 2. The van der Waals surface area contributed by atoms with Crippen LogP contribution in [0.4, 0.5) is 10.5 Å². The molecule has 0 spiro atoms. The molecule has 0 aromatic heterocycles. The molecule has 5 heteroatoms. The van der Waals surface area contributed by atoms with Gasteiger partial charge in [0.1, 0.15) is 0 Å². The van der Waals surface area contributed by atoms with Crippen molar-refractivity contribution in [1.82, 2.24) is 4.31 Å². The fourth-order valence-electron chi connectivity index (χ4n) is 3.09. The predicted octanol–water partition coefficient (Wildman–Crippen LogP) is 2.98. The van der Waals surface area contributed by atoms with Gasteiger partial charge in [0.2, 0.25) is 0 Å². The Kier molecular flexibility index (Phi) is 5.53. The lowest BCUT2D eigenvalue weighted by Gasteiger charge is -2.14. The molecular weight excluding hydrogens is 282 g/mol. The van der Waals surface area contributed by atoms with Crippen LogP contribution in [0.5, 0.6) is 0 Å². The molecule has 0 saturated heterocycles. The number of rotatable bonds is 2. The summed E-state index contributed by atoms with van der Waals surface area (Å²) in [7, 11) is 4.04. The molecule has 21 heavy (non-hydrogen) atoms. The molecular formula is C16H25N3OS. The zero-order valence-corrected chi connectivity index (χ0v) is 14.0. The van der Waals surface area contributed by atoms with Crippen LogP contribution in [-0.2, 0) is 25.7 Å². The van der Waals surface area contributed by atoms with Gasteiger partial charge in [0, 0.05) is 5.69 Å². The first-order valence-electron chi connectivity index (χ1n) is 7.47. The van der Waals surface area contributed by atoms with Crippen LogP contribution in [0.3, 0.4) is 0 Å². The fraction of sp³-hybridized carbons (Fsp3) is 0.562. The van der Waals surface area contributed by atoms with Gasteiger partial charge in [-0.2, -0.15) is 0 Å². The lowest BCUT2D eigenvalue weighted by molar-refractivity contribution is 0.259. The number of anilines is 1. The smallest absolute Gasteiger partial charge is 0.316 e. The zero-order chi connectivity index (χ0) is 15.4. The van der Waals surface area contributed by atoms with Crippen molar-refractivity contribution in [3.8, 4) is 0 Å². The Morgan fingerprint density at radius 3 is 2.00 bits per heavy atom. The standard InChI is InChI=1S/C13H16N2O.C3H9NS/c14-13(16)15-12-10-5-1-3-8(10)7-9-4-2-6-11(9)12;1-4(2)5-3/h7H,1-6H2,(H3,14,15,16);1-3H3. The molecule has 0 saturated carbocycles. The van der Waals surface area contributed by atoms with E-state index in [0.717, 1.165) is 31.4 Å². The van der Waals surface area contributed by atoms with Crippen LogP contribution in [-0.4, -0.2) is 30.7 Å². The van der Waals surface area contributed by atoms with E-state index >= 15 is 0 Å². The quantitative estimate of drug-likeness (QED) is 0.826. The third-order valence-corrected chi connectivity index (χ3v) is 4.82. The normalized spacial score (nSPS) is 15.2. The minimum atomic E-state index is -0.436. The topological polar surface area (TPSA) is 58.4 Å². The highest BCUT2D eigenvalue weighted by atomic mass is 32.2. The molecule has 0 unspecified atom stereocenters. The molecule has 0 bridgehead atoms. The molecule has 3 rings (SSSR count). The van der Waals surface area contributed by atoms with Crippen molar-refractivity contribution in [2.75, 3.05) is 25.7 Å². The van der Waals surface area contributed by atoms with Crippen molar-refractivity contribution in [2.24, 2.45) is 5.73 Å². The first-order valence-corrected chi connectivity index (χ1v) is 8.65. The molecule has 0 aliphatic heterocycles. The molecule has 2 aliphatic rings. The monoisotopic (exact) mass is 307 g/mol. The fourth-order valence-corrected chi connectivity index (χ4v) is 3.09. The van der Waals surface area contributed by atoms with Gasteiger partial charge >= 0.3 is 6.03 Å². The van der Waals surface area contributed by atoms with Gasteiger partial charge in [-0.05, 0) is 81.1 Å². The Morgan fingerprint density at radius 2 is 1.62 bits per heavy atom. The molecule has 0 heterocycles. The van der Waals surface area contributed by atoms with Crippen LogP contribution >= 0.6 is 11.9 Å². The van der Waals surface area contributed by atoms with Crippen molar-refractivity contribution in [1.29, 1.82) is 0 Å². The van der Waals surface area contributed by atoms with Gasteiger partial charge < -0.3 is 11.1 Å². The molecule has 4 nitrogen and oxygen atoms in total. The van der Waals surface area contributed by atoms with E-state index in [9.17, 15) is 4.79 Å². The second kappa shape index (κ2) is 7.18. The molecule has 2 aliphatic carbocycles. The Hall–Kier alpha value is -1.20. The first kappa shape index (κ1) is 16.2. The van der Waals surface area contributed by atoms with Gasteiger partial charge in [0.05, 0.1) is 0 Å². The number of amides is 2. The highest BCUT2D eigenvalue weighted by Crippen LogP contribution is 2.38. The van der Waals surface area contributed by atoms with Gasteiger partial charge in [0.15, 0.2) is 0 Å². The van der Waals surface area contributed by atoms with Crippen LogP contribution in [0.1, 0.15) is 35.1 Å². The second-order valence-electron chi connectivity index (χ2n) is 5.72. The highest BCUT2D eigenvalue weighted by Gasteiger charge is 2.24. The van der Waals surface area contributed by atoms with Crippen molar-refractivity contribution < 1.29 is 4.79 Å². The number of nitrogens with two attached hydrogens (primary N) is 1. The Labute approximate surface area is 131 Å². The summed E-state index contributed by atoms with van der Waals surface area (Å²) in [5, 5.41) is 2.84. The Morgan fingerprint density at radius 1 is 1.14 bits per heavy atom. The SMILES string of the molecule is CSN(C)C.NC(=O)Nc1c2c(cc3c1CCC3)CCC2. The number of nitrogens with one attached hydrogen (secondary N) is 1. The number of urea groups is 1. The minimum absolute atomic E-state index is 0.436. The maximum atomic E-state index is 11.1. The van der Waals surface area contributed by atoms with Gasteiger partial charge in [0.25, 0.3) is 0 Å². The molecule has 0 radical (unpaired) electrons. The third kappa shape index (κ3) is 3.92. The maximum Gasteiger partial charge on any atom is 0.316 e. The summed E-state index contributed by atoms with van der Waals surface area (Å²) in [6.07, 6.45) is 8.90. The summed E-state index contributed by atoms with van der Waals surface area (Å²) in [5.74, 6) is 0. The molecule has 116 valence electrons. The average molecular weight is 307 g/mol. The van der Waals surface area contributed by atoms with Crippen molar-refractivity contribution in [2.45, 2.75) is 38.5 Å². The number of benzene rings is 1. The lowest BCUT2D eigenvalue weighted by Crippen LogP contribution is -2.21. The molecule has 1 aromatic carbocycles. The summed E-state index contributed by atoms with van der Waals surface area (Å²) < 4.78 is 2.04. The average Bonchev–Trinajstić information content (AvgIpc) is 3.06. The number of fused-ring (bicyclic) bond motifs is 2. The number of carbonyl (C=O) groups excluding carboxylic acids is 1. The van der Waals surface area contributed by atoms with Gasteiger partial charge in [-0.25, -0.2) is 4.79 Å². The summed E-state index contributed by atoms with van der Waals surface area (Å²) in [6, 6.07) is 1.91. The minimum Gasteiger partial charge on any atom is -0.351 e. The van der Waals surface area contributed by atoms with Crippen LogP contribution in [0, 0.1) is 0 Å². The number of primary amides is 1. The maximum absolute atomic E-state index is 11.1. The molecule has 0 atom stereocenters. The van der Waals surface area contributed by atoms with E-state index in [0.29, 0.717) is 0 Å². The summed E-state index contributed by atoms with van der Waals surface area (Å²) in [5.41, 5.74) is 11.8. The molecule has 3 N–H and O–H groups in total. The number of hydrogen-bond acceptors (Lipinski definition) is 3. The van der Waals surface area contributed by atoms with Gasteiger partial charge in [-0.15, -0.1) is 0 Å². The van der Waals surface area contributed by atoms with Crippen LogP contribution in [0.15, 0.2) is 6.07 Å². The van der Waals surface area contributed by atoms with Crippen molar-refractivity contribution in [3.05, 3.63) is 28.3 Å². The highest BCUT2D eigenvalue weighted by molar-refractivity contribution is 7.96. The summed E-state index contributed by atoms with van der Waals surface area (Å²) >= 11 is 1.71. The van der Waals surface area contributed by atoms with Gasteiger partial charge in [-0.1, -0.05) is 18.0 Å². The van der Waals surface area contributed by atoms with E-state index in [4.69, 9.17) is 5.73 Å². The zero-order valence-electron chi connectivity index (χ0n) is 13.2. The number of nitrogens with zero attached hydrogens (tertiary/aromatic N) is 1. The van der Waals surface area contributed by atoms with E-state index in [2.05, 4.69) is 11.4 Å². The van der Waals surface area contributed by atoms with E-state index in [1.807, 2.05) is 24.7 Å². The molecule has 2 amide bonds. The van der Waals surface area contributed by atoms with Crippen LogP contribution in [0.2, 0.25) is 0 Å². The lowest BCUT2D eigenvalue weighted by atomic mass is 9.99. The first-order chi connectivity index (χ1) is 10.0. The van der Waals surface area contributed by atoms with E-state index < -0.39 is 6.03 Å². The van der Waals surface area contributed by atoms with Gasteiger partial charge in [-0.3, -0.25) is 4.31 Å². The number of hydrogen-bond donors (Lipinski definition) is 2. The van der Waals surface area contributed by atoms with Crippen molar-refractivity contribution in [3.63, 3.8) is 0 Å². The summed E-state index contributed by atoms with van der Waals surface area (Å²) in [4.78, 5) is 11.1. The largest absolute Gasteiger partial charge is 0.351 e. The van der Waals surface area contributed by atoms with Crippen LogP contribution < -0.4 is 11.1 Å². The summed E-state index contributed by atoms with van der Waals surface area (Å²) in [6.45, 7) is 0. The second-order valence-corrected chi connectivity index (χ2v) is 6.81. The Balaban J connectivity index is 0.000000282. The predicted molar refractivity (Wildman–Crippen MR) is 90.9 cm³/mol. The molecule has 0 fully saturated rings. The van der Waals surface area contributed by atoms with Crippen molar-refractivity contribution >= 4 is 23.7 Å². The number of carbonyl (C=O) groups is 1. The third-order valence-electron chi connectivity index (χ3n) is 4.09. The Bertz CT molecular complexity index is 496. The van der Waals surface area contributed by atoms with E-state index in [1.165, 1.54) is 35.1 Å². The van der Waals surface area contributed by atoms with E-state index in [1.54, 1.807) is 11.9 Å². The van der Waals surface area contributed by atoms with E-state index in [-0.39, 0.29) is 0 Å². The molecule has 1 aromatic rings. The van der Waals surface area contributed by atoms with Crippen LogP contribution in [0.25, 0.3) is 0 Å².